The number of para-hydroxylation sites is 1. The fourth-order valence-electron chi connectivity index (χ4n) is 4.34. The van der Waals surface area contributed by atoms with E-state index in [4.69, 9.17) is 19.2 Å². The highest BCUT2D eigenvalue weighted by molar-refractivity contribution is 5.74. The Kier molecular flexibility index (Phi) is 8.61. The molecule has 3 aromatic rings. The second kappa shape index (κ2) is 12.1. The van der Waals surface area contributed by atoms with Gasteiger partial charge in [-0.1, -0.05) is 18.2 Å². The molecule has 0 radical (unpaired) electrons. The van der Waals surface area contributed by atoms with Gasteiger partial charge in [-0.05, 0) is 75.9 Å². The van der Waals surface area contributed by atoms with Crippen LogP contribution >= 0.6 is 0 Å². The summed E-state index contributed by atoms with van der Waals surface area (Å²) in [5.41, 5.74) is 1.48. The Labute approximate surface area is 219 Å². The van der Waals surface area contributed by atoms with Gasteiger partial charge in [-0.3, -0.25) is 9.88 Å². The van der Waals surface area contributed by atoms with E-state index < -0.39 is 5.60 Å². The van der Waals surface area contributed by atoms with Crippen LogP contribution in [0.3, 0.4) is 0 Å². The van der Waals surface area contributed by atoms with Crippen LogP contribution in [0.4, 0.5) is 23.0 Å². The van der Waals surface area contributed by atoms with Gasteiger partial charge in [-0.15, -0.1) is 0 Å². The van der Waals surface area contributed by atoms with Crippen LogP contribution in [0.15, 0.2) is 67.0 Å². The van der Waals surface area contributed by atoms with Crippen molar-refractivity contribution >= 4 is 29.0 Å². The Hall–Kier alpha value is -3.65. The Morgan fingerprint density at radius 1 is 1.00 bits per heavy atom. The largest absolute Gasteiger partial charge is 0.497 e. The molecule has 2 aromatic carbocycles. The number of benzene rings is 2. The lowest BCUT2D eigenvalue weighted by Gasteiger charge is -2.33. The average molecular weight is 505 g/mol. The number of carbonyl (C=O) groups is 1. The van der Waals surface area contributed by atoms with Crippen molar-refractivity contribution in [3.63, 3.8) is 0 Å². The second-order valence-corrected chi connectivity index (χ2v) is 10.1. The van der Waals surface area contributed by atoms with Gasteiger partial charge in [0.2, 0.25) is 0 Å². The van der Waals surface area contributed by atoms with Gasteiger partial charge in [0.25, 0.3) is 0 Å². The summed E-state index contributed by atoms with van der Waals surface area (Å²) in [5, 5.41) is 0. The third kappa shape index (κ3) is 7.43. The SMILES string of the molecule is COc1ccc(N(c2ccccc2)c2cncc(N3CCC(COCC(=O)OC(C)(C)C)CC3)n2)cc1. The molecule has 1 aromatic heterocycles. The Morgan fingerprint density at radius 3 is 2.32 bits per heavy atom. The first-order valence-corrected chi connectivity index (χ1v) is 12.7. The molecule has 8 nitrogen and oxygen atoms in total. The van der Waals surface area contributed by atoms with Crippen LogP contribution in [0.2, 0.25) is 0 Å². The molecule has 0 saturated carbocycles. The number of aromatic nitrogens is 2. The topological polar surface area (TPSA) is 77.0 Å². The summed E-state index contributed by atoms with van der Waals surface area (Å²) < 4.78 is 16.3. The van der Waals surface area contributed by atoms with E-state index in [1.165, 1.54) is 0 Å². The number of rotatable bonds is 9. The smallest absolute Gasteiger partial charge is 0.332 e. The summed E-state index contributed by atoms with van der Waals surface area (Å²) in [4.78, 5) is 25.8. The first-order valence-electron chi connectivity index (χ1n) is 12.7. The van der Waals surface area contributed by atoms with E-state index in [0.717, 1.165) is 54.7 Å². The number of hydrogen-bond acceptors (Lipinski definition) is 8. The van der Waals surface area contributed by atoms with Crippen molar-refractivity contribution in [2.24, 2.45) is 5.92 Å². The molecule has 8 heteroatoms. The normalized spacial score (nSPS) is 14.3. The fraction of sp³-hybridized carbons (Fsp3) is 0.414. The fourth-order valence-corrected chi connectivity index (χ4v) is 4.34. The molecule has 1 fully saturated rings. The third-order valence-corrected chi connectivity index (χ3v) is 6.12. The second-order valence-electron chi connectivity index (χ2n) is 10.1. The summed E-state index contributed by atoms with van der Waals surface area (Å²) in [6, 6.07) is 18.1. The zero-order valence-electron chi connectivity index (χ0n) is 22.1. The van der Waals surface area contributed by atoms with Crippen molar-refractivity contribution in [2.75, 3.05) is 43.2 Å². The van der Waals surface area contributed by atoms with Crippen molar-refractivity contribution in [3.05, 3.63) is 67.0 Å². The molecule has 0 atom stereocenters. The molecule has 196 valence electrons. The van der Waals surface area contributed by atoms with Crippen molar-refractivity contribution in [1.82, 2.24) is 9.97 Å². The lowest BCUT2D eigenvalue weighted by Crippen LogP contribution is -2.36. The van der Waals surface area contributed by atoms with Crippen LogP contribution in [0, 0.1) is 5.92 Å². The number of methoxy groups -OCH3 is 1. The summed E-state index contributed by atoms with van der Waals surface area (Å²) in [6.45, 7) is 7.82. The van der Waals surface area contributed by atoms with Gasteiger partial charge < -0.3 is 19.1 Å². The van der Waals surface area contributed by atoms with Gasteiger partial charge in [-0.2, -0.15) is 0 Å². The summed E-state index contributed by atoms with van der Waals surface area (Å²) in [5.74, 6) is 2.47. The molecule has 0 spiro atoms. The number of esters is 1. The Bertz CT molecular complexity index is 1140. The molecule has 0 aliphatic carbocycles. The maximum atomic E-state index is 11.9. The van der Waals surface area contributed by atoms with Gasteiger partial charge in [0.05, 0.1) is 26.1 Å². The van der Waals surface area contributed by atoms with Crippen molar-refractivity contribution in [3.8, 4) is 5.75 Å². The Balaban J connectivity index is 1.41. The lowest BCUT2D eigenvalue weighted by molar-refractivity contribution is -0.160. The van der Waals surface area contributed by atoms with Crippen LogP contribution in [0.25, 0.3) is 0 Å². The minimum absolute atomic E-state index is 0.00825. The predicted octanol–water partition coefficient (Wildman–Crippen LogP) is 5.53. The van der Waals surface area contributed by atoms with Gasteiger partial charge in [0.1, 0.15) is 23.8 Å². The number of carbonyl (C=O) groups excluding carboxylic acids is 1. The van der Waals surface area contributed by atoms with E-state index in [1.54, 1.807) is 13.3 Å². The molecule has 1 saturated heterocycles. The van der Waals surface area contributed by atoms with Crippen LogP contribution in [-0.4, -0.2) is 55.0 Å². The average Bonchev–Trinajstić information content (AvgIpc) is 2.89. The van der Waals surface area contributed by atoms with Crippen molar-refractivity contribution in [2.45, 2.75) is 39.2 Å². The monoisotopic (exact) mass is 504 g/mol. The Morgan fingerprint density at radius 2 is 1.68 bits per heavy atom. The molecule has 1 aliphatic heterocycles. The van der Waals surface area contributed by atoms with E-state index >= 15 is 0 Å². The van der Waals surface area contributed by atoms with Crippen LogP contribution in [-0.2, 0) is 14.3 Å². The van der Waals surface area contributed by atoms with E-state index in [1.807, 2.05) is 69.4 Å². The standard InChI is InChI=1S/C29H36N4O4/c1-29(2,3)37-28(34)21-36-20-22-14-16-32(17-15-22)26-18-30-19-27(31-26)33(23-8-6-5-7-9-23)24-10-12-25(35-4)13-11-24/h5-13,18-19,22H,14-17,20-21H2,1-4H3. The third-order valence-electron chi connectivity index (χ3n) is 6.12. The molecule has 1 aliphatic rings. The molecule has 4 rings (SSSR count). The molecular formula is C29H36N4O4. The molecule has 0 bridgehead atoms. The minimum atomic E-state index is -0.495. The van der Waals surface area contributed by atoms with Gasteiger partial charge in [0.15, 0.2) is 5.82 Å². The molecule has 0 unspecified atom stereocenters. The summed E-state index contributed by atoms with van der Waals surface area (Å²) in [6.07, 6.45) is 5.53. The lowest BCUT2D eigenvalue weighted by atomic mass is 9.98. The molecule has 0 amide bonds. The van der Waals surface area contributed by atoms with E-state index in [-0.39, 0.29) is 12.6 Å². The zero-order valence-corrected chi connectivity index (χ0v) is 22.1. The van der Waals surface area contributed by atoms with Gasteiger partial charge >= 0.3 is 5.97 Å². The number of nitrogens with zero attached hydrogens (tertiary/aromatic N) is 4. The maximum absolute atomic E-state index is 11.9. The number of ether oxygens (including phenoxy) is 3. The molecule has 37 heavy (non-hydrogen) atoms. The number of piperidine rings is 1. The van der Waals surface area contributed by atoms with E-state index in [9.17, 15) is 4.79 Å². The van der Waals surface area contributed by atoms with E-state index in [0.29, 0.717) is 12.5 Å². The van der Waals surface area contributed by atoms with Crippen LogP contribution < -0.4 is 14.5 Å². The highest BCUT2D eigenvalue weighted by atomic mass is 16.6. The zero-order chi connectivity index (χ0) is 26.3. The first-order chi connectivity index (χ1) is 17.8. The van der Waals surface area contributed by atoms with Crippen molar-refractivity contribution in [1.29, 1.82) is 0 Å². The summed E-state index contributed by atoms with van der Waals surface area (Å²) >= 11 is 0. The van der Waals surface area contributed by atoms with Crippen molar-refractivity contribution < 1.29 is 19.0 Å². The minimum Gasteiger partial charge on any atom is -0.497 e. The maximum Gasteiger partial charge on any atom is 0.332 e. The van der Waals surface area contributed by atoms with Crippen LogP contribution in [0.5, 0.6) is 5.75 Å². The van der Waals surface area contributed by atoms with E-state index in [2.05, 4.69) is 26.9 Å². The predicted molar refractivity (Wildman–Crippen MR) is 145 cm³/mol. The van der Waals surface area contributed by atoms with Gasteiger partial charge in [-0.25, -0.2) is 9.78 Å². The molecule has 2 heterocycles. The number of hydrogen-bond donors (Lipinski definition) is 0. The molecular weight excluding hydrogens is 468 g/mol. The molecule has 0 N–H and O–H groups in total. The van der Waals surface area contributed by atoms with Gasteiger partial charge in [0, 0.05) is 24.5 Å². The summed E-state index contributed by atoms with van der Waals surface area (Å²) in [7, 11) is 1.66. The highest BCUT2D eigenvalue weighted by Gasteiger charge is 2.23. The number of anilines is 4. The quantitative estimate of drug-likeness (QED) is 0.352. The van der Waals surface area contributed by atoms with Crippen LogP contribution in [0.1, 0.15) is 33.6 Å². The first kappa shape index (κ1) is 26.4. The highest BCUT2D eigenvalue weighted by Crippen LogP contribution is 2.34.